The van der Waals surface area contributed by atoms with Gasteiger partial charge in [0.15, 0.2) is 5.84 Å². The highest BCUT2D eigenvalue weighted by atomic mass is 16.4. The molecule has 0 saturated heterocycles. The molecule has 0 radical (unpaired) electrons. The van der Waals surface area contributed by atoms with E-state index in [1.165, 1.54) is 0 Å². The summed E-state index contributed by atoms with van der Waals surface area (Å²) < 4.78 is 0. The smallest absolute Gasteiger partial charge is 0.223 e. The maximum Gasteiger partial charge on any atom is 0.223 e. The van der Waals surface area contributed by atoms with Gasteiger partial charge in [-0.15, -0.1) is 0 Å². The molecule has 4 N–H and O–H groups in total. The summed E-state index contributed by atoms with van der Waals surface area (Å²) >= 11 is 0. The average molecular weight is 289 g/mol. The highest BCUT2D eigenvalue weighted by Gasteiger charge is 2.23. The van der Waals surface area contributed by atoms with Crippen molar-refractivity contribution in [2.75, 3.05) is 0 Å². The molecule has 1 aliphatic rings. The summed E-state index contributed by atoms with van der Waals surface area (Å²) in [6.45, 7) is 2.76. The van der Waals surface area contributed by atoms with Crippen LogP contribution < -0.4 is 11.1 Å². The van der Waals surface area contributed by atoms with E-state index in [4.69, 9.17) is 10.9 Å². The molecule has 1 fully saturated rings. The number of benzene rings is 1. The fourth-order valence-corrected chi connectivity index (χ4v) is 2.71. The first-order chi connectivity index (χ1) is 10.1. The minimum absolute atomic E-state index is 0.0851. The van der Waals surface area contributed by atoms with Crippen LogP contribution in [0.4, 0.5) is 0 Å². The third kappa shape index (κ3) is 4.21. The van der Waals surface area contributed by atoms with Crippen molar-refractivity contribution in [3.05, 3.63) is 35.4 Å². The molecule has 0 aromatic heterocycles. The van der Waals surface area contributed by atoms with Crippen molar-refractivity contribution >= 4 is 11.7 Å². The lowest BCUT2D eigenvalue weighted by Crippen LogP contribution is -2.32. The second-order valence-electron chi connectivity index (χ2n) is 5.86. The molecule has 1 aromatic rings. The Morgan fingerprint density at radius 1 is 1.29 bits per heavy atom. The van der Waals surface area contributed by atoms with Gasteiger partial charge in [-0.3, -0.25) is 4.79 Å². The molecule has 114 valence electrons. The molecule has 0 heterocycles. The molecule has 21 heavy (non-hydrogen) atoms. The van der Waals surface area contributed by atoms with Crippen LogP contribution in [0.15, 0.2) is 29.4 Å². The van der Waals surface area contributed by atoms with Gasteiger partial charge in [-0.1, -0.05) is 36.3 Å². The van der Waals surface area contributed by atoms with E-state index in [0.29, 0.717) is 12.1 Å². The zero-order chi connectivity index (χ0) is 15.2. The van der Waals surface area contributed by atoms with Gasteiger partial charge in [0.05, 0.1) is 0 Å². The van der Waals surface area contributed by atoms with Gasteiger partial charge < -0.3 is 16.3 Å². The quantitative estimate of drug-likeness (QED) is 0.344. The summed E-state index contributed by atoms with van der Waals surface area (Å²) in [5.74, 6) is 1.15. The van der Waals surface area contributed by atoms with Gasteiger partial charge in [0.1, 0.15) is 0 Å². The molecule has 0 atom stereocenters. The Hall–Kier alpha value is -2.04. The maximum absolute atomic E-state index is 12.1. The summed E-state index contributed by atoms with van der Waals surface area (Å²) in [6, 6.07) is 7.30. The summed E-state index contributed by atoms with van der Waals surface area (Å²) in [5.41, 5.74) is 7.17. The minimum atomic E-state index is 0.0851. The molecule has 2 rings (SSSR count). The van der Waals surface area contributed by atoms with Gasteiger partial charge in [-0.2, -0.15) is 0 Å². The van der Waals surface area contributed by atoms with Crippen LogP contribution in [0, 0.1) is 11.8 Å². The van der Waals surface area contributed by atoms with Crippen LogP contribution in [0.25, 0.3) is 0 Å². The van der Waals surface area contributed by atoms with E-state index >= 15 is 0 Å². The average Bonchev–Trinajstić information content (AvgIpc) is 2.53. The Kier molecular flexibility index (Phi) is 5.20. The van der Waals surface area contributed by atoms with Crippen molar-refractivity contribution in [2.24, 2.45) is 22.7 Å². The van der Waals surface area contributed by atoms with Crippen molar-refractivity contribution in [3.8, 4) is 0 Å². The van der Waals surface area contributed by atoms with E-state index in [0.717, 1.165) is 37.2 Å². The van der Waals surface area contributed by atoms with Crippen LogP contribution in [0.1, 0.15) is 43.7 Å². The second kappa shape index (κ2) is 7.11. The standard InChI is InChI=1S/C16H23N3O2/c1-11-2-6-14(7-3-11)16(20)18-10-12-4-8-13(9-5-12)15(17)19-21/h4-5,8-9,11,14,21H,2-3,6-7,10H2,1H3,(H2,17,19)(H,18,20). The Morgan fingerprint density at radius 3 is 2.48 bits per heavy atom. The van der Waals surface area contributed by atoms with E-state index in [-0.39, 0.29) is 17.7 Å². The van der Waals surface area contributed by atoms with E-state index in [1.807, 2.05) is 12.1 Å². The summed E-state index contributed by atoms with van der Waals surface area (Å²) in [4.78, 5) is 12.1. The molecule has 1 amide bonds. The van der Waals surface area contributed by atoms with Gasteiger partial charge in [0.25, 0.3) is 0 Å². The number of carbonyl (C=O) groups is 1. The SMILES string of the molecule is CC1CCC(C(=O)NCc2ccc(/C(N)=N/O)cc2)CC1. The normalized spacial score (nSPS) is 22.8. The topological polar surface area (TPSA) is 87.7 Å². The number of carbonyl (C=O) groups excluding carboxylic acids is 1. The molecule has 1 aromatic carbocycles. The van der Waals surface area contributed by atoms with Crippen LogP contribution in [-0.4, -0.2) is 17.0 Å². The van der Waals surface area contributed by atoms with Crippen LogP contribution in [0.3, 0.4) is 0 Å². The Morgan fingerprint density at radius 2 is 1.90 bits per heavy atom. The van der Waals surface area contributed by atoms with Gasteiger partial charge in [0.2, 0.25) is 5.91 Å². The Labute approximate surface area is 125 Å². The number of nitrogens with one attached hydrogen (secondary N) is 1. The lowest BCUT2D eigenvalue weighted by molar-refractivity contribution is -0.126. The van der Waals surface area contributed by atoms with Crippen molar-refractivity contribution < 1.29 is 10.0 Å². The van der Waals surface area contributed by atoms with Gasteiger partial charge >= 0.3 is 0 Å². The predicted octanol–water partition coefficient (Wildman–Crippen LogP) is 2.22. The summed E-state index contributed by atoms with van der Waals surface area (Å²) in [7, 11) is 0. The van der Waals surface area contributed by atoms with E-state index in [2.05, 4.69) is 17.4 Å². The molecular weight excluding hydrogens is 266 g/mol. The summed E-state index contributed by atoms with van der Waals surface area (Å²) in [6.07, 6.45) is 4.28. The lowest BCUT2D eigenvalue weighted by atomic mass is 9.82. The first-order valence-electron chi connectivity index (χ1n) is 7.44. The third-order valence-electron chi connectivity index (χ3n) is 4.21. The van der Waals surface area contributed by atoms with Crippen molar-refractivity contribution in [1.82, 2.24) is 5.32 Å². The predicted molar refractivity (Wildman–Crippen MR) is 81.9 cm³/mol. The zero-order valence-electron chi connectivity index (χ0n) is 12.4. The van der Waals surface area contributed by atoms with Gasteiger partial charge in [-0.25, -0.2) is 0 Å². The molecule has 5 heteroatoms. The molecule has 0 spiro atoms. The molecule has 1 saturated carbocycles. The van der Waals surface area contributed by atoms with E-state index in [9.17, 15) is 4.79 Å². The number of nitrogens with zero attached hydrogens (tertiary/aromatic N) is 1. The molecule has 0 bridgehead atoms. The molecule has 1 aliphatic carbocycles. The highest BCUT2D eigenvalue weighted by Crippen LogP contribution is 2.28. The number of hydrogen-bond acceptors (Lipinski definition) is 3. The molecule has 0 unspecified atom stereocenters. The number of amides is 1. The fourth-order valence-electron chi connectivity index (χ4n) is 2.71. The summed E-state index contributed by atoms with van der Waals surface area (Å²) in [5, 5.41) is 14.6. The number of rotatable bonds is 4. The van der Waals surface area contributed by atoms with E-state index in [1.54, 1.807) is 12.1 Å². The van der Waals surface area contributed by atoms with Crippen LogP contribution in [-0.2, 0) is 11.3 Å². The van der Waals surface area contributed by atoms with E-state index < -0.39 is 0 Å². The number of oxime groups is 1. The number of amidine groups is 1. The molecule has 5 nitrogen and oxygen atoms in total. The van der Waals surface area contributed by atoms with Gasteiger partial charge in [-0.05, 0) is 37.2 Å². The van der Waals surface area contributed by atoms with Crippen molar-refractivity contribution in [1.29, 1.82) is 0 Å². The molecule has 0 aliphatic heterocycles. The highest BCUT2D eigenvalue weighted by molar-refractivity contribution is 5.96. The van der Waals surface area contributed by atoms with Crippen LogP contribution >= 0.6 is 0 Å². The maximum atomic E-state index is 12.1. The van der Waals surface area contributed by atoms with Crippen LogP contribution in [0.2, 0.25) is 0 Å². The first kappa shape index (κ1) is 15.4. The minimum Gasteiger partial charge on any atom is -0.409 e. The van der Waals surface area contributed by atoms with Gasteiger partial charge in [0, 0.05) is 18.0 Å². The lowest BCUT2D eigenvalue weighted by Gasteiger charge is -2.25. The number of hydrogen-bond donors (Lipinski definition) is 3. The Balaban J connectivity index is 1.84. The fraction of sp³-hybridized carbons (Fsp3) is 0.500. The van der Waals surface area contributed by atoms with Crippen molar-refractivity contribution in [3.63, 3.8) is 0 Å². The van der Waals surface area contributed by atoms with Crippen LogP contribution in [0.5, 0.6) is 0 Å². The van der Waals surface area contributed by atoms with Crippen molar-refractivity contribution in [2.45, 2.75) is 39.2 Å². The molecular formula is C16H23N3O2. The first-order valence-corrected chi connectivity index (χ1v) is 7.44. The Bertz CT molecular complexity index is 503. The second-order valence-corrected chi connectivity index (χ2v) is 5.86. The third-order valence-corrected chi connectivity index (χ3v) is 4.21. The number of nitrogens with two attached hydrogens (primary N) is 1. The largest absolute Gasteiger partial charge is 0.409 e. The monoisotopic (exact) mass is 289 g/mol. The zero-order valence-corrected chi connectivity index (χ0v) is 12.4.